The number of rotatable bonds is 3. The van der Waals surface area contributed by atoms with Gasteiger partial charge in [0.25, 0.3) is 0 Å². The molecule has 6 heteroatoms. The van der Waals surface area contributed by atoms with E-state index in [1.54, 1.807) is 11.1 Å². The van der Waals surface area contributed by atoms with Crippen molar-refractivity contribution in [2.75, 3.05) is 5.01 Å². The lowest BCUT2D eigenvalue weighted by Crippen LogP contribution is -2.18. The molecule has 0 saturated heterocycles. The zero-order chi connectivity index (χ0) is 15.7. The van der Waals surface area contributed by atoms with Gasteiger partial charge in [-0.2, -0.15) is 5.10 Å². The quantitative estimate of drug-likeness (QED) is 0.854. The van der Waals surface area contributed by atoms with E-state index < -0.39 is 5.97 Å². The second-order valence-electron chi connectivity index (χ2n) is 4.91. The Morgan fingerprint density at radius 3 is 2.55 bits per heavy atom. The van der Waals surface area contributed by atoms with Crippen LogP contribution in [0.5, 0.6) is 0 Å². The summed E-state index contributed by atoms with van der Waals surface area (Å²) in [5.74, 6) is -1.00. The Morgan fingerprint density at radius 2 is 1.91 bits per heavy atom. The van der Waals surface area contributed by atoms with Gasteiger partial charge in [0.1, 0.15) is 5.71 Å². The molecule has 1 aliphatic rings. The van der Waals surface area contributed by atoms with Crippen LogP contribution in [0.4, 0.5) is 5.69 Å². The van der Waals surface area contributed by atoms with E-state index in [1.165, 1.54) is 0 Å². The average Bonchev–Trinajstić information content (AvgIpc) is 2.94. The predicted octanol–water partition coefficient (Wildman–Crippen LogP) is 4.49. The Hall–Kier alpha value is -1.85. The minimum atomic E-state index is -1.00. The Balaban J connectivity index is 2.04. The molecule has 3 rings (SSSR count). The van der Waals surface area contributed by atoms with Gasteiger partial charge in [-0.3, -0.25) is 5.01 Å². The van der Waals surface area contributed by atoms with Crippen molar-refractivity contribution in [2.45, 2.75) is 12.5 Å². The molecule has 0 amide bonds. The molecule has 1 heterocycles. The molecule has 1 N–H and O–H groups in total. The van der Waals surface area contributed by atoms with Crippen LogP contribution >= 0.6 is 27.5 Å². The number of carbonyl (C=O) groups is 1. The third-order valence-electron chi connectivity index (χ3n) is 3.51. The van der Waals surface area contributed by atoms with Crippen LogP contribution in [0, 0.1) is 0 Å². The maximum Gasteiger partial charge on any atom is 0.352 e. The summed E-state index contributed by atoms with van der Waals surface area (Å²) in [6, 6.07) is 14.8. The average molecular weight is 380 g/mol. The van der Waals surface area contributed by atoms with Gasteiger partial charge < -0.3 is 5.11 Å². The molecule has 0 aliphatic carbocycles. The fraction of sp³-hybridized carbons (Fsp3) is 0.125. The molecular formula is C16H12BrClN2O2. The number of carboxylic acids is 1. The standard InChI is InChI=1S/C16H12BrClN2O2/c17-10-5-7-11(8-6-10)20-15(9-14(19-20)16(21)22)12-3-1-2-4-13(12)18/h1-8,15H,9H2,(H,21,22). The van der Waals surface area contributed by atoms with E-state index in [2.05, 4.69) is 21.0 Å². The maximum absolute atomic E-state index is 11.3. The van der Waals surface area contributed by atoms with Gasteiger partial charge in [-0.15, -0.1) is 0 Å². The molecule has 0 fully saturated rings. The summed E-state index contributed by atoms with van der Waals surface area (Å²) < 4.78 is 0.951. The molecule has 0 radical (unpaired) electrons. The van der Waals surface area contributed by atoms with Gasteiger partial charge in [0.05, 0.1) is 11.7 Å². The van der Waals surface area contributed by atoms with Gasteiger partial charge in [0.2, 0.25) is 0 Å². The molecule has 112 valence electrons. The first-order valence-corrected chi connectivity index (χ1v) is 7.83. The van der Waals surface area contributed by atoms with Crippen molar-refractivity contribution in [3.05, 3.63) is 63.6 Å². The Labute approximate surface area is 141 Å². The highest BCUT2D eigenvalue weighted by Gasteiger charge is 2.33. The van der Waals surface area contributed by atoms with E-state index in [0.29, 0.717) is 11.4 Å². The molecule has 2 aromatic carbocycles. The SMILES string of the molecule is O=C(O)C1=NN(c2ccc(Br)cc2)C(c2ccccc2Cl)C1. The molecule has 0 spiro atoms. The van der Waals surface area contributed by atoms with Gasteiger partial charge in [0.15, 0.2) is 0 Å². The molecule has 1 atom stereocenters. The van der Waals surface area contributed by atoms with Crippen LogP contribution in [-0.2, 0) is 4.79 Å². The van der Waals surface area contributed by atoms with Gasteiger partial charge in [-0.25, -0.2) is 4.79 Å². The molecule has 1 unspecified atom stereocenters. The van der Waals surface area contributed by atoms with Crippen molar-refractivity contribution in [1.82, 2.24) is 0 Å². The fourth-order valence-electron chi connectivity index (χ4n) is 2.46. The Kier molecular flexibility index (Phi) is 4.18. The van der Waals surface area contributed by atoms with Crippen molar-refractivity contribution < 1.29 is 9.90 Å². The van der Waals surface area contributed by atoms with Crippen LogP contribution in [0.15, 0.2) is 58.1 Å². The molecular weight excluding hydrogens is 368 g/mol. The van der Waals surface area contributed by atoms with Crippen LogP contribution in [-0.4, -0.2) is 16.8 Å². The lowest BCUT2D eigenvalue weighted by molar-refractivity contribution is -0.129. The maximum atomic E-state index is 11.3. The smallest absolute Gasteiger partial charge is 0.352 e. The number of nitrogens with zero attached hydrogens (tertiary/aromatic N) is 2. The number of benzene rings is 2. The van der Waals surface area contributed by atoms with Crippen LogP contribution < -0.4 is 5.01 Å². The first-order chi connectivity index (χ1) is 10.6. The monoisotopic (exact) mass is 378 g/mol. The lowest BCUT2D eigenvalue weighted by Gasteiger charge is -2.24. The van der Waals surface area contributed by atoms with Crippen molar-refractivity contribution in [2.24, 2.45) is 5.10 Å². The van der Waals surface area contributed by atoms with Crippen molar-refractivity contribution in [3.63, 3.8) is 0 Å². The minimum Gasteiger partial charge on any atom is -0.477 e. The van der Waals surface area contributed by atoms with E-state index in [4.69, 9.17) is 11.6 Å². The lowest BCUT2D eigenvalue weighted by atomic mass is 10.0. The number of anilines is 1. The summed E-state index contributed by atoms with van der Waals surface area (Å²) in [4.78, 5) is 11.3. The third kappa shape index (κ3) is 2.87. The van der Waals surface area contributed by atoms with Crippen LogP contribution in [0.2, 0.25) is 5.02 Å². The number of hydrogen-bond acceptors (Lipinski definition) is 3. The summed E-state index contributed by atoms with van der Waals surface area (Å²) in [7, 11) is 0. The molecule has 0 bridgehead atoms. The highest BCUT2D eigenvalue weighted by Crippen LogP contribution is 2.38. The zero-order valence-corrected chi connectivity index (χ0v) is 13.8. The van der Waals surface area contributed by atoms with E-state index in [9.17, 15) is 9.90 Å². The van der Waals surface area contributed by atoms with Crippen LogP contribution in [0.1, 0.15) is 18.0 Å². The number of halogens is 2. The number of hydrogen-bond donors (Lipinski definition) is 1. The summed E-state index contributed by atoms with van der Waals surface area (Å²) >= 11 is 9.67. The van der Waals surface area contributed by atoms with Gasteiger partial charge in [0, 0.05) is 15.9 Å². The van der Waals surface area contributed by atoms with Gasteiger partial charge in [-0.1, -0.05) is 45.7 Å². The molecule has 2 aromatic rings. The minimum absolute atomic E-state index is 0.132. The van der Waals surface area contributed by atoms with Crippen molar-refractivity contribution >= 4 is 44.9 Å². The van der Waals surface area contributed by atoms with Crippen LogP contribution in [0.25, 0.3) is 0 Å². The number of aliphatic carboxylic acids is 1. The topological polar surface area (TPSA) is 52.9 Å². The normalized spacial score (nSPS) is 17.5. The second-order valence-corrected chi connectivity index (χ2v) is 6.24. The highest BCUT2D eigenvalue weighted by molar-refractivity contribution is 9.10. The largest absolute Gasteiger partial charge is 0.477 e. The van der Waals surface area contributed by atoms with Crippen LogP contribution in [0.3, 0.4) is 0 Å². The van der Waals surface area contributed by atoms with E-state index >= 15 is 0 Å². The van der Waals surface area contributed by atoms with Crippen molar-refractivity contribution in [1.29, 1.82) is 0 Å². The molecule has 4 nitrogen and oxygen atoms in total. The number of hydrazone groups is 1. The van der Waals surface area contributed by atoms with Crippen molar-refractivity contribution in [3.8, 4) is 0 Å². The summed E-state index contributed by atoms with van der Waals surface area (Å²) in [5, 5.41) is 15.8. The zero-order valence-electron chi connectivity index (χ0n) is 11.4. The summed E-state index contributed by atoms with van der Waals surface area (Å²) in [5.41, 5.74) is 1.82. The Morgan fingerprint density at radius 1 is 1.23 bits per heavy atom. The van der Waals surface area contributed by atoms with Gasteiger partial charge >= 0.3 is 5.97 Å². The van der Waals surface area contributed by atoms with E-state index in [1.807, 2.05) is 42.5 Å². The summed E-state index contributed by atoms with van der Waals surface area (Å²) in [6.07, 6.45) is 0.315. The highest BCUT2D eigenvalue weighted by atomic mass is 79.9. The third-order valence-corrected chi connectivity index (χ3v) is 4.39. The first kappa shape index (κ1) is 15.1. The molecule has 0 aromatic heterocycles. The molecule has 22 heavy (non-hydrogen) atoms. The molecule has 0 saturated carbocycles. The second kappa shape index (κ2) is 6.10. The van der Waals surface area contributed by atoms with Gasteiger partial charge in [-0.05, 0) is 35.9 Å². The summed E-state index contributed by atoms with van der Waals surface area (Å²) in [6.45, 7) is 0. The first-order valence-electron chi connectivity index (χ1n) is 6.66. The number of carboxylic acid groups (broad SMARTS) is 1. The molecule has 1 aliphatic heterocycles. The van der Waals surface area contributed by atoms with E-state index in [0.717, 1.165) is 15.7 Å². The fourth-order valence-corrected chi connectivity index (χ4v) is 2.98. The van der Waals surface area contributed by atoms with E-state index in [-0.39, 0.29) is 11.8 Å². The Bertz CT molecular complexity index is 746. The predicted molar refractivity (Wildman–Crippen MR) is 90.5 cm³/mol.